The molecule has 0 aliphatic heterocycles. The number of rotatable bonds is 5. The molecule has 0 saturated carbocycles. The first-order valence-corrected chi connectivity index (χ1v) is 9.38. The van der Waals surface area contributed by atoms with Gasteiger partial charge in [-0.1, -0.05) is 25.5 Å². The predicted molar refractivity (Wildman–Crippen MR) is 107 cm³/mol. The van der Waals surface area contributed by atoms with Gasteiger partial charge in [-0.2, -0.15) is 0 Å². The second kappa shape index (κ2) is 7.23. The zero-order valence-electron chi connectivity index (χ0n) is 14.8. The maximum absolute atomic E-state index is 12.7. The second-order valence-corrected chi connectivity index (χ2v) is 7.30. The number of amides is 1. The van der Waals surface area contributed by atoms with E-state index in [1.165, 1.54) is 11.3 Å². The molecule has 3 rings (SSSR count). The number of hydrogen-bond acceptors (Lipinski definition) is 4. The van der Waals surface area contributed by atoms with E-state index < -0.39 is 0 Å². The van der Waals surface area contributed by atoms with Crippen molar-refractivity contribution in [3.63, 3.8) is 0 Å². The highest BCUT2D eigenvalue weighted by molar-refractivity contribution is 7.21. The van der Waals surface area contributed by atoms with Crippen molar-refractivity contribution in [3.05, 3.63) is 52.0 Å². The van der Waals surface area contributed by atoms with Crippen LogP contribution >= 0.6 is 11.3 Å². The van der Waals surface area contributed by atoms with E-state index in [1.54, 1.807) is 0 Å². The van der Waals surface area contributed by atoms with E-state index in [0.29, 0.717) is 10.6 Å². The largest absolute Gasteiger partial charge is 0.397 e. The topological polar surface area (TPSA) is 68.0 Å². The molecule has 0 unspecified atom stereocenters. The summed E-state index contributed by atoms with van der Waals surface area (Å²) in [4.78, 5) is 18.7. The van der Waals surface area contributed by atoms with Crippen LogP contribution in [0.3, 0.4) is 0 Å². The Kier molecular flexibility index (Phi) is 5.04. The smallest absolute Gasteiger partial charge is 0.267 e. The Labute approximate surface area is 152 Å². The highest BCUT2D eigenvalue weighted by Gasteiger charge is 2.18. The minimum Gasteiger partial charge on any atom is -0.397 e. The zero-order chi connectivity index (χ0) is 18.0. The van der Waals surface area contributed by atoms with Gasteiger partial charge in [0.05, 0.1) is 5.69 Å². The lowest BCUT2D eigenvalue weighted by Crippen LogP contribution is -2.13. The minimum absolute atomic E-state index is 0.177. The average Bonchev–Trinajstić information content (AvgIpc) is 2.93. The summed E-state index contributed by atoms with van der Waals surface area (Å²) < 4.78 is 0. The van der Waals surface area contributed by atoms with Crippen LogP contribution < -0.4 is 11.1 Å². The van der Waals surface area contributed by atoms with E-state index in [1.807, 2.05) is 44.2 Å². The van der Waals surface area contributed by atoms with E-state index >= 15 is 0 Å². The molecule has 4 nitrogen and oxygen atoms in total. The summed E-state index contributed by atoms with van der Waals surface area (Å²) in [6.07, 6.45) is 3.20. The molecule has 1 amide bonds. The highest BCUT2D eigenvalue weighted by atomic mass is 32.1. The van der Waals surface area contributed by atoms with Crippen LogP contribution in [0.5, 0.6) is 0 Å². The maximum Gasteiger partial charge on any atom is 0.267 e. The molecule has 0 saturated heterocycles. The molecule has 0 fully saturated rings. The molecule has 130 valence electrons. The molecular formula is C20H23N3OS. The Morgan fingerprint density at radius 3 is 2.80 bits per heavy atom. The van der Waals surface area contributed by atoms with E-state index in [0.717, 1.165) is 52.0 Å². The SMILES string of the molecule is CCCCc1ccc2c(N)c(C(=O)Nc3cccc(C)c3C)sc2n1. The van der Waals surface area contributed by atoms with Gasteiger partial charge in [0.15, 0.2) is 0 Å². The van der Waals surface area contributed by atoms with E-state index in [9.17, 15) is 4.79 Å². The second-order valence-electron chi connectivity index (χ2n) is 6.31. The Bertz CT molecular complexity index is 930. The molecule has 25 heavy (non-hydrogen) atoms. The predicted octanol–water partition coefficient (Wildman–Crippen LogP) is 5.09. The Balaban J connectivity index is 1.90. The molecule has 0 bridgehead atoms. The number of unbranched alkanes of at least 4 members (excludes halogenated alkanes) is 1. The van der Waals surface area contributed by atoms with Gasteiger partial charge < -0.3 is 11.1 Å². The number of carbonyl (C=O) groups excluding carboxylic acids is 1. The summed E-state index contributed by atoms with van der Waals surface area (Å²) >= 11 is 1.36. The third-order valence-corrected chi connectivity index (χ3v) is 5.61. The molecule has 2 heterocycles. The summed E-state index contributed by atoms with van der Waals surface area (Å²) in [5.41, 5.74) is 10.8. The van der Waals surface area contributed by atoms with Crippen molar-refractivity contribution in [2.45, 2.75) is 40.0 Å². The Morgan fingerprint density at radius 1 is 1.24 bits per heavy atom. The lowest BCUT2D eigenvalue weighted by Gasteiger charge is -2.09. The number of aromatic nitrogens is 1. The number of nitrogens with two attached hydrogens (primary N) is 1. The molecule has 5 heteroatoms. The first-order valence-electron chi connectivity index (χ1n) is 8.56. The van der Waals surface area contributed by atoms with Crippen molar-refractivity contribution in [1.29, 1.82) is 0 Å². The monoisotopic (exact) mass is 353 g/mol. The molecule has 2 aromatic heterocycles. The molecule has 0 spiro atoms. The zero-order valence-corrected chi connectivity index (χ0v) is 15.7. The molecule has 3 N–H and O–H groups in total. The van der Waals surface area contributed by atoms with Crippen LogP contribution in [-0.4, -0.2) is 10.9 Å². The lowest BCUT2D eigenvalue weighted by molar-refractivity contribution is 0.103. The average molecular weight is 353 g/mol. The first kappa shape index (κ1) is 17.4. The van der Waals surface area contributed by atoms with E-state index in [2.05, 4.69) is 17.2 Å². The molecule has 0 aliphatic carbocycles. The number of nitrogens with zero attached hydrogens (tertiary/aromatic N) is 1. The molecule has 0 atom stereocenters. The summed E-state index contributed by atoms with van der Waals surface area (Å²) in [7, 11) is 0. The van der Waals surface area contributed by atoms with Crippen molar-refractivity contribution < 1.29 is 4.79 Å². The van der Waals surface area contributed by atoms with Crippen LogP contribution in [0.4, 0.5) is 11.4 Å². The fraction of sp³-hybridized carbons (Fsp3) is 0.300. The van der Waals surface area contributed by atoms with Gasteiger partial charge in [-0.3, -0.25) is 4.79 Å². The lowest BCUT2D eigenvalue weighted by atomic mass is 10.1. The van der Waals surface area contributed by atoms with Gasteiger partial charge in [-0.25, -0.2) is 4.98 Å². The van der Waals surface area contributed by atoms with Crippen molar-refractivity contribution in [2.24, 2.45) is 0 Å². The van der Waals surface area contributed by atoms with Gasteiger partial charge in [0, 0.05) is 16.8 Å². The third-order valence-electron chi connectivity index (χ3n) is 4.50. The molecular weight excluding hydrogens is 330 g/mol. The summed E-state index contributed by atoms with van der Waals surface area (Å²) in [6.45, 7) is 6.19. The van der Waals surface area contributed by atoms with E-state index in [4.69, 9.17) is 5.73 Å². The van der Waals surface area contributed by atoms with Crippen LogP contribution in [0.2, 0.25) is 0 Å². The number of benzene rings is 1. The van der Waals surface area contributed by atoms with Crippen molar-refractivity contribution in [2.75, 3.05) is 11.1 Å². The Hall–Kier alpha value is -2.40. The number of aryl methyl sites for hydroxylation is 2. The maximum atomic E-state index is 12.7. The van der Waals surface area contributed by atoms with Gasteiger partial charge in [-0.15, -0.1) is 11.3 Å². The van der Waals surface area contributed by atoms with Crippen LogP contribution in [0.25, 0.3) is 10.2 Å². The number of nitrogens with one attached hydrogen (secondary N) is 1. The number of carbonyl (C=O) groups is 1. The Morgan fingerprint density at radius 2 is 2.04 bits per heavy atom. The normalized spacial score (nSPS) is 11.0. The van der Waals surface area contributed by atoms with Gasteiger partial charge in [0.2, 0.25) is 0 Å². The van der Waals surface area contributed by atoms with Crippen LogP contribution in [0.1, 0.15) is 46.3 Å². The van der Waals surface area contributed by atoms with Gasteiger partial charge >= 0.3 is 0 Å². The standard InChI is InChI=1S/C20H23N3OS/c1-4-5-8-14-10-11-15-17(21)18(25-20(15)22-14)19(24)23-16-9-6-7-12(2)13(16)3/h6-7,9-11H,4-5,8,21H2,1-3H3,(H,23,24). The van der Waals surface area contributed by atoms with Gasteiger partial charge in [0.1, 0.15) is 9.71 Å². The number of anilines is 2. The highest BCUT2D eigenvalue weighted by Crippen LogP contribution is 2.33. The molecule has 0 radical (unpaired) electrons. The van der Waals surface area contributed by atoms with Gasteiger partial charge in [-0.05, 0) is 56.0 Å². The quantitative estimate of drug-likeness (QED) is 0.671. The van der Waals surface area contributed by atoms with Crippen LogP contribution in [-0.2, 0) is 6.42 Å². The summed E-state index contributed by atoms with van der Waals surface area (Å²) in [5, 5.41) is 3.84. The molecule has 1 aromatic carbocycles. The number of hydrogen-bond donors (Lipinski definition) is 2. The minimum atomic E-state index is -0.177. The number of nitrogen functional groups attached to an aromatic ring is 1. The van der Waals surface area contributed by atoms with Gasteiger partial charge in [0.25, 0.3) is 5.91 Å². The molecule has 3 aromatic rings. The number of pyridine rings is 1. The number of thiophene rings is 1. The fourth-order valence-corrected chi connectivity index (χ4v) is 3.77. The third kappa shape index (κ3) is 3.51. The van der Waals surface area contributed by atoms with Crippen molar-refractivity contribution in [1.82, 2.24) is 4.98 Å². The first-order chi connectivity index (χ1) is 12.0. The van der Waals surface area contributed by atoms with Crippen LogP contribution in [0.15, 0.2) is 30.3 Å². The number of fused-ring (bicyclic) bond motifs is 1. The summed E-state index contributed by atoms with van der Waals surface area (Å²) in [6, 6.07) is 9.86. The summed E-state index contributed by atoms with van der Waals surface area (Å²) in [5.74, 6) is -0.177. The fourth-order valence-electron chi connectivity index (χ4n) is 2.77. The molecule has 0 aliphatic rings. The van der Waals surface area contributed by atoms with Crippen molar-refractivity contribution in [3.8, 4) is 0 Å². The van der Waals surface area contributed by atoms with Crippen LogP contribution in [0, 0.1) is 13.8 Å². The van der Waals surface area contributed by atoms with Crippen molar-refractivity contribution >= 4 is 38.8 Å². The van der Waals surface area contributed by atoms with E-state index in [-0.39, 0.29) is 5.91 Å².